The van der Waals surface area contributed by atoms with E-state index in [1.165, 1.54) is 0 Å². The van der Waals surface area contributed by atoms with E-state index in [0.29, 0.717) is 25.9 Å². The first kappa shape index (κ1) is 11.6. The molecular formula is C14H15NO2. The third-order valence-corrected chi connectivity index (χ3v) is 2.85. The second-order valence-corrected chi connectivity index (χ2v) is 4.11. The number of nitrogens with zero attached hydrogens (tertiary/aromatic N) is 1. The Kier molecular flexibility index (Phi) is 3.70. The minimum absolute atomic E-state index is 0.0126. The van der Waals surface area contributed by atoms with E-state index in [1.54, 1.807) is 17.1 Å². The van der Waals surface area contributed by atoms with Crippen LogP contribution < -0.4 is 0 Å². The Balaban J connectivity index is 1.93. The molecule has 0 saturated carbocycles. The van der Waals surface area contributed by atoms with Crippen molar-refractivity contribution in [2.45, 2.75) is 12.8 Å². The van der Waals surface area contributed by atoms with Gasteiger partial charge in [0, 0.05) is 32.0 Å². The highest BCUT2D eigenvalue weighted by molar-refractivity contribution is 5.93. The fraction of sp³-hybridized carbons (Fsp3) is 0.286. The van der Waals surface area contributed by atoms with Crippen molar-refractivity contribution in [3.8, 4) is 0 Å². The summed E-state index contributed by atoms with van der Waals surface area (Å²) in [5.74, 6) is 0.238. The second-order valence-electron chi connectivity index (χ2n) is 4.11. The van der Waals surface area contributed by atoms with Gasteiger partial charge in [-0.3, -0.25) is 9.59 Å². The Bertz CT molecular complexity index is 427. The van der Waals surface area contributed by atoms with E-state index in [4.69, 9.17) is 0 Å². The summed E-state index contributed by atoms with van der Waals surface area (Å²) in [4.78, 5) is 24.6. The van der Waals surface area contributed by atoms with Gasteiger partial charge in [-0.1, -0.05) is 30.3 Å². The molecule has 0 spiro atoms. The first-order valence-corrected chi connectivity index (χ1v) is 5.79. The molecule has 1 fully saturated rings. The Morgan fingerprint density at radius 2 is 1.76 bits per heavy atom. The molecule has 0 aromatic heterocycles. The maximum absolute atomic E-state index is 11.8. The third kappa shape index (κ3) is 3.28. The fourth-order valence-electron chi connectivity index (χ4n) is 1.81. The molecule has 0 aliphatic carbocycles. The molecule has 0 atom stereocenters. The van der Waals surface area contributed by atoms with Gasteiger partial charge in [0.2, 0.25) is 5.91 Å². The van der Waals surface area contributed by atoms with Gasteiger partial charge in [0.25, 0.3) is 0 Å². The Morgan fingerprint density at radius 3 is 2.41 bits per heavy atom. The molecule has 3 heteroatoms. The zero-order chi connectivity index (χ0) is 12.1. The predicted molar refractivity (Wildman–Crippen MR) is 66.3 cm³/mol. The van der Waals surface area contributed by atoms with Crippen molar-refractivity contribution in [1.82, 2.24) is 4.90 Å². The van der Waals surface area contributed by atoms with E-state index in [-0.39, 0.29) is 11.7 Å². The number of ketones is 1. The highest BCUT2D eigenvalue weighted by Gasteiger charge is 2.18. The van der Waals surface area contributed by atoms with E-state index >= 15 is 0 Å². The summed E-state index contributed by atoms with van der Waals surface area (Å²) in [6.45, 7) is 1.10. The van der Waals surface area contributed by atoms with Crippen LogP contribution in [0.15, 0.2) is 36.4 Å². The van der Waals surface area contributed by atoms with Gasteiger partial charge in [0.05, 0.1) is 0 Å². The molecule has 0 bridgehead atoms. The summed E-state index contributed by atoms with van der Waals surface area (Å²) >= 11 is 0. The highest BCUT2D eigenvalue weighted by Crippen LogP contribution is 2.07. The minimum Gasteiger partial charge on any atom is -0.338 e. The average Bonchev–Trinajstić information content (AvgIpc) is 2.38. The van der Waals surface area contributed by atoms with Crippen LogP contribution in [0.5, 0.6) is 0 Å². The number of piperidine rings is 1. The van der Waals surface area contributed by atoms with Gasteiger partial charge < -0.3 is 4.90 Å². The standard InChI is InChI=1S/C14H15NO2/c16-13-8-10-15(11-9-13)14(17)7-6-12-4-2-1-3-5-12/h1-7H,8-11H2. The largest absolute Gasteiger partial charge is 0.338 e. The summed E-state index contributed by atoms with van der Waals surface area (Å²) in [6, 6.07) is 9.70. The van der Waals surface area contributed by atoms with E-state index in [2.05, 4.69) is 0 Å². The molecule has 3 nitrogen and oxygen atoms in total. The molecule has 0 radical (unpaired) electrons. The maximum Gasteiger partial charge on any atom is 0.246 e. The molecule has 1 saturated heterocycles. The number of rotatable bonds is 2. The van der Waals surface area contributed by atoms with Gasteiger partial charge in [-0.2, -0.15) is 0 Å². The molecule has 1 amide bonds. The van der Waals surface area contributed by atoms with E-state index in [9.17, 15) is 9.59 Å². The molecule has 1 heterocycles. The number of carbonyl (C=O) groups excluding carboxylic acids is 2. The van der Waals surface area contributed by atoms with Crippen LogP contribution >= 0.6 is 0 Å². The maximum atomic E-state index is 11.8. The molecule has 0 unspecified atom stereocenters. The fourth-order valence-corrected chi connectivity index (χ4v) is 1.81. The molecule has 1 aromatic rings. The molecule has 88 valence electrons. The second kappa shape index (κ2) is 5.43. The van der Waals surface area contributed by atoms with Crippen molar-refractivity contribution in [1.29, 1.82) is 0 Å². The monoisotopic (exact) mass is 229 g/mol. The van der Waals surface area contributed by atoms with E-state index in [1.807, 2.05) is 30.3 Å². The lowest BCUT2D eigenvalue weighted by Crippen LogP contribution is -2.37. The van der Waals surface area contributed by atoms with Crippen molar-refractivity contribution in [3.05, 3.63) is 42.0 Å². The molecule has 1 aromatic carbocycles. The topological polar surface area (TPSA) is 37.4 Å². The van der Waals surface area contributed by atoms with Crippen LogP contribution in [-0.4, -0.2) is 29.7 Å². The Morgan fingerprint density at radius 1 is 1.12 bits per heavy atom. The summed E-state index contributed by atoms with van der Waals surface area (Å²) in [7, 11) is 0. The number of likely N-dealkylation sites (tertiary alicyclic amines) is 1. The van der Waals surface area contributed by atoms with Gasteiger partial charge >= 0.3 is 0 Å². The lowest BCUT2D eigenvalue weighted by molar-refractivity contribution is -0.130. The quantitative estimate of drug-likeness (QED) is 0.726. The van der Waals surface area contributed by atoms with Crippen LogP contribution in [0.1, 0.15) is 18.4 Å². The smallest absolute Gasteiger partial charge is 0.246 e. The van der Waals surface area contributed by atoms with Crippen LogP contribution in [0, 0.1) is 0 Å². The molecule has 2 rings (SSSR count). The van der Waals surface area contributed by atoms with Crippen molar-refractivity contribution in [2.24, 2.45) is 0 Å². The Hall–Kier alpha value is -1.90. The zero-order valence-corrected chi connectivity index (χ0v) is 9.63. The molecule has 17 heavy (non-hydrogen) atoms. The van der Waals surface area contributed by atoms with Crippen LogP contribution in [-0.2, 0) is 9.59 Å². The number of Topliss-reactive ketones (excluding diaryl/α,β-unsaturated/α-hetero) is 1. The number of carbonyl (C=O) groups is 2. The lowest BCUT2D eigenvalue weighted by atomic mass is 10.1. The van der Waals surface area contributed by atoms with Gasteiger partial charge in [-0.05, 0) is 11.6 Å². The number of benzene rings is 1. The van der Waals surface area contributed by atoms with E-state index < -0.39 is 0 Å². The minimum atomic E-state index is -0.0126. The normalized spacial score (nSPS) is 16.5. The van der Waals surface area contributed by atoms with Crippen LogP contribution in [0.4, 0.5) is 0 Å². The third-order valence-electron chi connectivity index (χ3n) is 2.85. The van der Waals surface area contributed by atoms with Gasteiger partial charge in [0.1, 0.15) is 5.78 Å². The van der Waals surface area contributed by atoms with Crippen LogP contribution in [0.2, 0.25) is 0 Å². The van der Waals surface area contributed by atoms with Crippen molar-refractivity contribution >= 4 is 17.8 Å². The Labute approximate surface area is 101 Å². The van der Waals surface area contributed by atoms with Crippen molar-refractivity contribution < 1.29 is 9.59 Å². The summed E-state index contributed by atoms with van der Waals surface area (Å²) in [5.41, 5.74) is 1.01. The van der Waals surface area contributed by atoms with E-state index in [0.717, 1.165) is 5.56 Å². The van der Waals surface area contributed by atoms with Crippen LogP contribution in [0.25, 0.3) is 6.08 Å². The SMILES string of the molecule is O=C1CCN(C(=O)C=Cc2ccccc2)CC1. The average molecular weight is 229 g/mol. The summed E-state index contributed by atoms with van der Waals surface area (Å²) < 4.78 is 0. The predicted octanol–water partition coefficient (Wildman–Crippen LogP) is 1.89. The first-order valence-electron chi connectivity index (χ1n) is 5.79. The first-order chi connectivity index (χ1) is 8.25. The number of hydrogen-bond donors (Lipinski definition) is 0. The zero-order valence-electron chi connectivity index (χ0n) is 9.63. The van der Waals surface area contributed by atoms with Gasteiger partial charge in [-0.15, -0.1) is 0 Å². The molecule has 1 aliphatic rings. The summed E-state index contributed by atoms with van der Waals surface area (Å²) in [6.07, 6.45) is 4.36. The highest BCUT2D eigenvalue weighted by atomic mass is 16.2. The van der Waals surface area contributed by atoms with Gasteiger partial charge in [-0.25, -0.2) is 0 Å². The lowest BCUT2D eigenvalue weighted by Gasteiger charge is -2.24. The number of amides is 1. The van der Waals surface area contributed by atoms with Crippen molar-refractivity contribution in [3.63, 3.8) is 0 Å². The molecule has 1 aliphatic heterocycles. The summed E-state index contributed by atoms with van der Waals surface area (Å²) in [5, 5.41) is 0. The van der Waals surface area contributed by atoms with Crippen molar-refractivity contribution in [2.75, 3.05) is 13.1 Å². The van der Waals surface area contributed by atoms with Gasteiger partial charge in [0.15, 0.2) is 0 Å². The van der Waals surface area contributed by atoms with Crippen LogP contribution in [0.3, 0.4) is 0 Å². The molecule has 0 N–H and O–H groups in total. The molecular weight excluding hydrogens is 214 g/mol. The number of hydrogen-bond acceptors (Lipinski definition) is 2.